The summed E-state index contributed by atoms with van der Waals surface area (Å²) in [7, 11) is 3.23. The van der Waals surface area contributed by atoms with E-state index in [-0.39, 0.29) is 5.82 Å². The molecule has 0 unspecified atom stereocenters. The summed E-state index contributed by atoms with van der Waals surface area (Å²) in [6, 6.07) is 10.9. The molecule has 1 aromatic heterocycles. The molecule has 1 aliphatic heterocycles. The Morgan fingerprint density at radius 1 is 1.04 bits per heavy atom. The predicted octanol–water partition coefficient (Wildman–Crippen LogP) is 3.78. The molecule has 1 N–H and O–H groups in total. The lowest BCUT2D eigenvalue weighted by Crippen LogP contribution is -2.29. The van der Waals surface area contributed by atoms with E-state index in [2.05, 4.69) is 9.88 Å². The normalized spacial score (nSPS) is 15.3. The number of piperidine rings is 1. The Labute approximate surface area is 151 Å². The van der Waals surface area contributed by atoms with E-state index >= 15 is 0 Å². The van der Waals surface area contributed by atoms with Crippen LogP contribution in [0.1, 0.15) is 18.9 Å². The maximum absolute atomic E-state index is 13.7. The molecule has 2 heterocycles. The van der Waals surface area contributed by atoms with E-state index in [1.54, 1.807) is 14.2 Å². The van der Waals surface area contributed by atoms with Crippen LogP contribution in [-0.2, 0) is 0 Å². The quantitative estimate of drug-likeness (QED) is 0.774. The smallest absolute Gasteiger partial charge is 0.161 e. The maximum Gasteiger partial charge on any atom is 0.161 e. The molecule has 0 atom stereocenters. The first-order valence-corrected chi connectivity index (χ1v) is 8.82. The molecule has 0 bridgehead atoms. The minimum absolute atomic E-state index is 0.272. The molecule has 0 aliphatic carbocycles. The molecule has 2 aromatic carbocycles. The van der Waals surface area contributed by atoms with Crippen molar-refractivity contribution >= 4 is 11.0 Å². The zero-order valence-electron chi connectivity index (χ0n) is 15.0. The summed E-state index contributed by atoms with van der Waals surface area (Å²) in [5.74, 6) is 1.89. The Hall–Kier alpha value is -2.60. The van der Waals surface area contributed by atoms with Gasteiger partial charge in [-0.2, -0.15) is 0 Å². The molecule has 0 amide bonds. The van der Waals surface area contributed by atoms with Crippen molar-refractivity contribution in [3.8, 4) is 22.9 Å². The molecule has 3 aromatic rings. The Morgan fingerprint density at radius 2 is 1.81 bits per heavy atom. The monoisotopic (exact) mass is 355 g/mol. The number of aromatic nitrogens is 2. The number of nitrogens with one attached hydrogen (secondary N) is 1. The third-order valence-corrected chi connectivity index (χ3v) is 4.97. The number of benzene rings is 2. The van der Waals surface area contributed by atoms with Crippen molar-refractivity contribution in [1.29, 1.82) is 0 Å². The molecule has 136 valence electrons. The number of halogens is 1. The van der Waals surface area contributed by atoms with Gasteiger partial charge in [0, 0.05) is 17.7 Å². The van der Waals surface area contributed by atoms with Gasteiger partial charge in [0.15, 0.2) is 11.5 Å². The summed E-state index contributed by atoms with van der Waals surface area (Å²) < 4.78 is 26.8. The second-order valence-electron chi connectivity index (χ2n) is 6.49. The molecular weight excluding hydrogens is 333 g/mol. The number of nitrogens with zero attached hydrogens (tertiary/aromatic N) is 2. The average molecular weight is 355 g/mol. The van der Waals surface area contributed by atoms with Crippen molar-refractivity contribution in [1.82, 2.24) is 14.9 Å². The number of fused-ring (bicyclic) bond motifs is 1. The number of rotatable bonds is 4. The Bertz CT molecular complexity index is 932. The average Bonchev–Trinajstić information content (AvgIpc) is 3.06. The molecule has 26 heavy (non-hydrogen) atoms. The van der Waals surface area contributed by atoms with Gasteiger partial charge in [-0.15, -0.1) is 0 Å². The highest BCUT2D eigenvalue weighted by Crippen LogP contribution is 2.36. The number of ether oxygens (including phenoxy) is 2. The predicted molar refractivity (Wildman–Crippen MR) is 99.4 cm³/mol. The first-order chi connectivity index (χ1) is 12.7. The van der Waals surface area contributed by atoms with Crippen molar-refractivity contribution in [2.75, 3.05) is 27.3 Å². The molecule has 0 saturated carbocycles. The van der Waals surface area contributed by atoms with Crippen LogP contribution < -0.4 is 14.8 Å². The lowest BCUT2D eigenvalue weighted by Gasteiger charge is -2.26. The van der Waals surface area contributed by atoms with Gasteiger partial charge < -0.3 is 19.4 Å². The van der Waals surface area contributed by atoms with Gasteiger partial charge in [0.25, 0.3) is 0 Å². The van der Waals surface area contributed by atoms with Crippen LogP contribution in [0.15, 0.2) is 36.4 Å². The lowest BCUT2D eigenvalue weighted by molar-refractivity contribution is 0.355. The molecule has 1 aliphatic rings. The highest BCUT2D eigenvalue weighted by atomic mass is 19.1. The third kappa shape index (κ3) is 2.90. The largest absolute Gasteiger partial charge is 0.493 e. The molecule has 5 nitrogen and oxygen atoms in total. The highest BCUT2D eigenvalue weighted by molar-refractivity contribution is 5.81. The van der Waals surface area contributed by atoms with Crippen molar-refractivity contribution in [2.45, 2.75) is 18.9 Å². The summed E-state index contributed by atoms with van der Waals surface area (Å²) >= 11 is 0. The van der Waals surface area contributed by atoms with E-state index in [1.165, 1.54) is 12.1 Å². The highest BCUT2D eigenvalue weighted by Gasteiger charge is 2.23. The first-order valence-electron chi connectivity index (χ1n) is 8.82. The summed E-state index contributed by atoms with van der Waals surface area (Å²) in [4.78, 5) is 4.76. The molecule has 0 radical (unpaired) electrons. The van der Waals surface area contributed by atoms with Gasteiger partial charge >= 0.3 is 0 Å². The summed E-state index contributed by atoms with van der Waals surface area (Å²) in [6.45, 7) is 1.94. The van der Waals surface area contributed by atoms with Gasteiger partial charge in [0.1, 0.15) is 11.6 Å². The molecule has 4 rings (SSSR count). The van der Waals surface area contributed by atoms with Crippen LogP contribution in [0.4, 0.5) is 4.39 Å². The minimum Gasteiger partial charge on any atom is -0.493 e. The molecule has 1 saturated heterocycles. The SMILES string of the molecule is COc1ccc(-c2nc3cc(F)ccc3n2C2CCNCC2)cc1OC. The van der Waals surface area contributed by atoms with Crippen LogP contribution in [0, 0.1) is 5.82 Å². The van der Waals surface area contributed by atoms with E-state index < -0.39 is 0 Å². The third-order valence-electron chi connectivity index (χ3n) is 4.97. The van der Waals surface area contributed by atoms with Crippen LogP contribution in [0.5, 0.6) is 11.5 Å². The van der Waals surface area contributed by atoms with Crippen molar-refractivity contribution in [2.24, 2.45) is 0 Å². The second-order valence-corrected chi connectivity index (χ2v) is 6.49. The van der Waals surface area contributed by atoms with Gasteiger partial charge in [-0.3, -0.25) is 0 Å². The number of hydrogen-bond acceptors (Lipinski definition) is 4. The van der Waals surface area contributed by atoms with Gasteiger partial charge in [-0.05, 0) is 56.3 Å². The van der Waals surface area contributed by atoms with Crippen LogP contribution in [0.3, 0.4) is 0 Å². The molecule has 0 spiro atoms. The van der Waals surface area contributed by atoms with E-state index in [0.29, 0.717) is 23.1 Å². The Morgan fingerprint density at radius 3 is 2.54 bits per heavy atom. The second kappa shape index (κ2) is 6.96. The van der Waals surface area contributed by atoms with E-state index in [1.807, 2.05) is 24.3 Å². The van der Waals surface area contributed by atoms with Crippen LogP contribution in [0.2, 0.25) is 0 Å². The van der Waals surface area contributed by atoms with Crippen LogP contribution in [-0.4, -0.2) is 36.9 Å². The van der Waals surface area contributed by atoms with E-state index in [4.69, 9.17) is 14.5 Å². The molecular formula is C20H22FN3O2. The number of imidazole rings is 1. The van der Waals surface area contributed by atoms with Gasteiger partial charge in [0.2, 0.25) is 0 Å². The zero-order valence-corrected chi connectivity index (χ0v) is 15.0. The Kier molecular flexibility index (Phi) is 4.51. The van der Waals surface area contributed by atoms with Crippen molar-refractivity contribution < 1.29 is 13.9 Å². The zero-order chi connectivity index (χ0) is 18.1. The van der Waals surface area contributed by atoms with Crippen molar-refractivity contribution in [3.05, 3.63) is 42.2 Å². The fourth-order valence-corrected chi connectivity index (χ4v) is 3.69. The minimum atomic E-state index is -0.272. The first kappa shape index (κ1) is 16.8. The molecule has 6 heteroatoms. The van der Waals surface area contributed by atoms with Crippen LogP contribution in [0.25, 0.3) is 22.4 Å². The number of methoxy groups -OCH3 is 2. The van der Waals surface area contributed by atoms with Gasteiger partial charge in [0.05, 0.1) is 25.3 Å². The Balaban J connectivity index is 1.91. The van der Waals surface area contributed by atoms with Crippen molar-refractivity contribution in [3.63, 3.8) is 0 Å². The van der Waals surface area contributed by atoms with Gasteiger partial charge in [-0.25, -0.2) is 9.37 Å². The van der Waals surface area contributed by atoms with E-state index in [9.17, 15) is 4.39 Å². The van der Waals surface area contributed by atoms with E-state index in [0.717, 1.165) is 42.8 Å². The summed E-state index contributed by atoms with van der Waals surface area (Å²) in [5, 5.41) is 3.40. The standard InChI is InChI=1S/C20H22FN3O2/c1-25-18-6-3-13(11-19(18)26-2)20-23-16-12-14(21)4-5-17(16)24(20)15-7-9-22-10-8-15/h3-6,11-12,15,22H,7-10H2,1-2H3. The lowest BCUT2D eigenvalue weighted by atomic mass is 10.1. The maximum atomic E-state index is 13.7. The summed E-state index contributed by atoms with van der Waals surface area (Å²) in [5.41, 5.74) is 2.56. The fraction of sp³-hybridized carbons (Fsp3) is 0.350. The summed E-state index contributed by atoms with van der Waals surface area (Å²) in [6.07, 6.45) is 2.03. The van der Waals surface area contributed by atoms with Crippen LogP contribution >= 0.6 is 0 Å². The van der Waals surface area contributed by atoms with Gasteiger partial charge in [-0.1, -0.05) is 0 Å². The fourth-order valence-electron chi connectivity index (χ4n) is 3.69. The molecule has 1 fully saturated rings. The topological polar surface area (TPSA) is 48.3 Å². The number of hydrogen-bond donors (Lipinski definition) is 1.